The Bertz CT molecular complexity index is 1130. The molecule has 0 aliphatic carbocycles. The van der Waals surface area contributed by atoms with E-state index < -0.39 is 0 Å². The van der Waals surface area contributed by atoms with Crippen LogP contribution in [0.15, 0.2) is 70.5 Å². The maximum Gasteiger partial charge on any atom is 0.203 e. The zero-order valence-electron chi connectivity index (χ0n) is 16.3. The number of benzene rings is 3. The lowest BCUT2D eigenvalue weighted by atomic mass is 10.1. The van der Waals surface area contributed by atoms with Crippen molar-refractivity contribution in [2.45, 2.75) is 9.79 Å². The molecule has 4 rings (SSSR count). The van der Waals surface area contributed by atoms with E-state index in [1.54, 1.807) is 33.5 Å². The first-order valence-corrected chi connectivity index (χ1v) is 9.80. The number of aromatic nitrogens is 1. The van der Waals surface area contributed by atoms with E-state index in [2.05, 4.69) is 4.98 Å². The highest BCUT2D eigenvalue weighted by Gasteiger charge is 2.18. The smallest absolute Gasteiger partial charge is 0.203 e. The largest absolute Gasteiger partial charge is 0.493 e. The van der Waals surface area contributed by atoms with Gasteiger partial charge in [-0.05, 0) is 35.9 Å². The monoisotopic (exact) mass is 409 g/mol. The van der Waals surface area contributed by atoms with Gasteiger partial charge < -0.3 is 19.2 Å². The molecule has 0 aliphatic rings. The van der Waals surface area contributed by atoms with Crippen molar-refractivity contribution in [1.29, 1.82) is 0 Å². The Balaban J connectivity index is 1.89. The number of rotatable bonds is 6. The minimum Gasteiger partial charge on any atom is -0.493 e. The summed E-state index contributed by atoms with van der Waals surface area (Å²) >= 11 is 1.52. The van der Waals surface area contributed by atoms with E-state index in [0.717, 1.165) is 32.0 Å². The number of fused-ring (bicyclic) bond motifs is 1. The molecule has 0 atom stereocenters. The molecular weight excluding hydrogens is 389 g/mol. The molecule has 1 N–H and O–H groups in total. The van der Waals surface area contributed by atoms with Gasteiger partial charge in [0.1, 0.15) is 5.82 Å². The third-order valence-electron chi connectivity index (χ3n) is 4.63. The Morgan fingerprint density at radius 1 is 0.828 bits per heavy atom. The predicted molar refractivity (Wildman–Crippen MR) is 114 cm³/mol. The Morgan fingerprint density at radius 2 is 1.52 bits per heavy atom. The molecule has 6 heteroatoms. The van der Waals surface area contributed by atoms with Gasteiger partial charge in [0.25, 0.3) is 0 Å². The van der Waals surface area contributed by atoms with Gasteiger partial charge in [0, 0.05) is 20.7 Å². The second kappa shape index (κ2) is 8.09. The number of hydrogen-bond acceptors (Lipinski definition) is 4. The molecule has 0 fully saturated rings. The summed E-state index contributed by atoms with van der Waals surface area (Å²) in [5.41, 5.74) is 2.84. The van der Waals surface area contributed by atoms with Crippen LogP contribution < -0.4 is 14.2 Å². The Hall–Kier alpha value is -3.12. The molecule has 148 valence electrons. The quantitative estimate of drug-likeness (QED) is 0.415. The average Bonchev–Trinajstić information content (AvgIpc) is 3.11. The second-order valence-electron chi connectivity index (χ2n) is 6.35. The van der Waals surface area contributed by atoms with Gasteiger partial charge in [-0.25, -0.2) is 4.39 Å². The molecule has 1 aromatic heterocycles. The van der Waals surface area contributed by atoms with Gasteiger partial charge in [0.2, 0.25) is 5.75 Å². The van der Waals surface area contributed by atoms with Crippen LogP contribution in [-0.4, -0.2) is 26.3 Å². The van der Waals surface area contributed by atoms with Crippen molar-refractivity contribution in [1.82, 2.24) is 4.98 Å². The van der Waals surface area contributed by atoms with Crippen LogP contribution in [0.3, 0.4) is 0 Å². The van der Waals surface area contributed by atoms with Gasteiger partial charge in [-0.3, -0.25) is 0 Å². The molecule has 4 nitrogen and oxygen atoms in total. The van der Waals surface area contributed by atoms with E-state index in [1.165, 1.54) is 17.8 Å². The fourth-order valence-electron chi connectivity index (χ4n) is 3.29. The minimum absolute atomic E-state index is 0.275. The molecular formula is C23H20FNO3S. The summed E-state index contributed by atoms with van der Waals surface area (Å²) in [6.07, 6.45) is 0. The molecule has 0 bridgehead atoms. The first-order chi connectivity index (χ1) is 14.1. The molecule has 0 amide bonds. The Kier molecular flexibility index (Phi) is 5.36. The molecule has 3 aromatic carbocycles. The first-order valence-electron chi connectivity index (χ1n) is 8.99. The molecule has 0 saturated heterocycles. The summed E-state index contributed by atoms with van der Waals surface area (Å²) in [5, 5.41) is 0.822. The highest BCUT2D eigenvalue weighted by Crippen LogP contribution is 2.46. The number of halogens is 1. The number of methoxy groups -OCH3 is 3. The number of aromatic amines is 1. The first kappa shape index (κ1) is 19.2. The molecule has 0 radical (unpaired) electrons. The van der Waals surface area contributed by atoms with Gasteiger partial charge in [-0.2, -0.15) is 0 Å². The lowest BCUT2D eigenvalue weighted by Crippen LogP contribution is -1.95. The van der Waals surface area contributed by atoms with E-state index in [9.17, 15) is 4.39 Å². The second-order valence-corrected chi connectivity index (χ2v) is 7.43. The van der Waals surface area contributed by atoms with Crippen molar-refractivity contribution in [3.05, 3.63) is 66.5 Å². The van der Waals surface area contributed by atoms with Crippen LogP contribution in [0.1, 0.15) is 0 Å². The van der Waals surface area contributed by atoms with Crippen molar-refractivity contribution in [3.63, 3.8) is 0 Å². The third kappa shape index (κ3) is 3.63. The highest BCUT2D eigenvalue weighted by atomic mass is 32.2. The lowest BCUT2D eigenvalue weighted by molar-refractivity contribution is 0.323. The van der Waals surface area contributed by atoms with Crippen LogP contribution in [0.4, 0.5) is 4.39 Å². The van der Waals surface area contributed by atoms with Crippen molar-refractivity contribution >= 4 is 22.7 Å². The van der Waals surface area contributed by atoms with E-state index in [-0.39, 0.29) is 5.82 Å². The topological polar surface area (TPSA) is 43.5 Å². The summed E-state index contributed by atoms with van der Waals surface area (Å²) in [5.74, 6) is 1.40. The summed E-state index contributed by atoms with van der Waals surface area (Å²) in [6, 6.07) is 18.5. The summed E-state index contributed by atoms with van der Waals surface area (Å²) in [6.45, 7) is 0. The fourth-order valence-corrected chi connectivity index (χ4v) is 4.40. The van der Waals surface area contributed by atoms with E-state index in [1.807, 2.05) is 42.5 Å². The highest BCUT2D eigenvalue weighted by molar-refractivity contribution is 7.99. The molecule has 0 unspecified atom stereocenters. The van der Waals surface area contributed by atoms with Crippen LogP contribution in [0.2, 0.25) is 0 Å². The molecule has 4 aromatic rings. The van der Waals surface area contributed by atoms with Crippen LogP contribution in [0, 0.1) is 5.82 Å². The fraction of sp³-hybridized carbons (Fsp3) is 0.130. The predicted octanol–water partition coefficient (Wildman–Crippen LogP) is 6.15. The van der Waals surface area contributed by atoms with Crippen LogP contribution >= 0.6 is 11.8 Å². The van der Waals surface area contributed by atoms with Crippen molar-refractivity contribution in [2.75, 3.05) is 21.3 Å². The summed E-state index contributed by atoms with van der Waals surface area (Å²) in [7, 11) is 4.74. The maximum atomic E-state index is 14.0. The molecule has 0 aliphatic heterocycles. The average molecular weight is 409 g/mol. The van der Waals surface area contributed by atoms with Crippen molar-refractivity contribution < 1.29 is 18.6 Å². The van der Waals surface area contributed by atoms with E-state index in [4.69, 9.17) is 14.2 Å². The zero-order chi connectivity index (χ0) is 20.4. The zero-order valence-corrected chi connectivity index (χ0v) is 17.1. The SMILES string of the molecule is COc1cc(Sc2c(-c3ccccc3)[nH]c3ccc(F)cc23)cc(OC)c1OC. The van der Waals surface area contributed by atoms with Gasteiger partial charge in [0.05, 0.1) is 27.0 Å². The molecule has 29 heavy (non-hydrogen) atoms. The van der Waals surface area contributed by atoms with Crippen molar-refractivity contribution in [2.24, 2.45) is 0 Å². The Labute approximate surface area is 172 Å². The van der Waals surface area contributed by atoms with Gasteiger partial charge in [-0.1, -0.05) is 42.1 Å². The summed E-state index contributed by atoms with van der Waals surface area (Å²) in [4.78, 5) is 5.25. The summed E-state index contributed by atoms with van der Waals surface area (Å²) < 4.78 is 30.4. The number of hydrogen-bond donors (Lipinski definition) is 1. The minimum atomic E-state index is -0.275. The van der Waals surface area contributed by atoms with Crippen LogP contribution in [0.25, 0.3) is 22.2 Å². The van der Waals surface area contributed by atoms with E-state index >= 15 is 0 Å². The molecule has 0 spiro atoms. The lowest BCUT2D eigenvalue weighted by Gasteiger charge is -2.14. The van der Waals surface area contributed by atoms with Gasteiger partial charge in [0.15, 0.2) is 11.5 Å². The van der Waals surface area contributed by atoms with Crippen LogP contribution in [0.5, 0.6) is 17.2 Å². The Morgan fingerprint density at radius 3 is 2.14 bits per heavy atom. The van der Waals surface area contributed by atoms with Crippen molar-refractivity contribution in [3.8, 4) is 28.5 Å². The maximum absolute atomic E-state index is 14.0. The number of H-pyrrole nitrogens is 1. The third-order valence-corrected chi connectivity index (χ3v) is 5.73. The van der Waals surface area contributed by atoms with E-state index in [0.29, 0.717) is 17.2 Å². The van der Waals surface area contributed by atoms with Gasteiger partial charge in [-0.15, -0.1) is 0 Å². The number of nitrogens with one attached hydrogen (secondary N) is 1. The normalized spacial score (nSPS) is 10.9. The molecule has 0 saturated carbocycles. The van der Waals surface area contributed by atoms with Crippen LogP contribution in [-0.2, 0) is 0 Å². The standard InChI is InChI=1S/C23H20FNO3S/c1-26-19-12-16(13-20(27-2)22(19)28-3)29-23-17-11-15(24)9-10-18(17)25-21(23)14-7-5-4-6-8-14/h4-13,25H,1-3H3. The molecule has 1 heterocycles. The number of ether oxygens (including phenoxy) is 3. The van der Waals surface area contributed by atoms with Gasteiger partial charge >= 0.3 is 0 Å².